The summed E-state index contributed by atoms with van der Waals surface area (Å²) in [6.07, 6.45) is 1.15. The van der Waals surface area contributed by atoms with Crippen LogP contribution in [0.1, 0.15) is 18.9 Å². The molecule has 0 amide bonds. The second-order valence-electron chi connectivity index (χ2n) is 4.70. The van der Waals surface area contributed by atoms with Gasteiger partial charge in [-0.05, 0) is 44.3 Å². The Labute approximate surface area is 124 Å². The fourth-order valence-electron chi connectivity index (χ4n) is 1.91. The van der Waals surface area contributed by atoms with Crippen LogP contribution in [0.4, 0.5) is 5.69 Å². The molecule has 1 aromatic rings. The maximum absolute atomic E-state index is 6.06. The highest BCUT2D eigenvalue weighted by Crippen LogP contribution is 2.26. The van der Waals surface area contributed by atoms with Crippen molar-refractivity contribution in [2.45, 2.75) is 18.7 Å². The molecule has 2 nitrogen and oxygen atoms in total. The largest absolute Gasteiger partial charge is 0.370 e. The molecule has 0 radical (unpaired) electrons. The summed E-state index contributed by atoms with van der Waals surface area (Å²) < 4.78 is 0. The van der Waals surface area contributed by atoms with Crippen LogP contribution in [0.3, 0.4) is 0 Å². The summed E-state index contributed by atoms with van der Waals surface area (Å²) in [6, 6.07) is 6.15. The molecule has 0 aliphatic heterocycles. The molecule has 0 aliphatic rings. The monoisotopic (exact) mass is 332 g/mol. The highest BCUT2D eigenvalue weighted by molar-refractivity contribution is 9.08. The van der Waals surface area contributed by atoms with Gasteiger partial charge in [0.15, 0.2) is 0 Å². The van der Waals surface area contributed by atoms with E-state index in [4.69, 9.17) is 11.6 Å². The molecule has 0 saturated carbocycles. The van der Waals surface area contributed by atoms with Crippen LogP contribution in [0.5, 0.6) is 0 Å². The van der Waals surface area contributed by atoms with Crippen LogP contribution < -0.4 is 4.90 Å². The third kappa shape index (κ3) is 4.79. The highest BCUT2D eigenvalue weighted by atomic mass is 79.9. The Morgan fingerprint density at radius 2 is 1.89 bits per heavy atom. The molecule has 0 unspecified atom stereocenters. The topological polar surface area (TPSA) is 6.48 Å². The molecule has 0 bridgehead atoms. The van der Waals surface area contributed by atoms with Crippen molar-refractivity contribution < 1.29 is 0 Å². The summed E-state index contributed by atoms with van der Waals surface area (Å²) in [4.78, 5) is 4.65. The van der Waals surface area contributed by atoms with Gasteiger partial charge in [-0.15, -0.1) is 0 Å². The lowest BCUT2D eigenvalue weighted by atomic mass is 10.1. The first-order valence-electron chi connectivity index (χ1n) is 6.32. The molecule has 1 rings (SSSR count). The smallest absolute Gasteiger partial charge is 0.0410 e. The first kappa shape index (κ1) is 15.8. The van der Waals surface area contributed by atoms with Gasteiger partial charge in [-0.25, -0.2) is 0 Å². The molecule has 0 fully saturated rings. The van der Waals surface area contributed by atoms with E-state index in [1.165, 1.54) is 11.3 Å². The minimum absolute atomic E-state index is 0.803. The SMILES string of the molecule is CCCN(CCN(C)C)c1ccc(Cl)cc1CBr. The summed E-state index contributed by atoms with van der Waals surface area (Å²) in [5.74, 6) is 0. The molecule has 102 valence electrons. The first-order valence-corrected chi connectivity index (χ1v) is 7.82. The first-order chi connectivity index (χ1) is 8.58. The van der Waals surface area contributed by atoms with Gasteiger partial charge in [0.05, 0.1) is 0 Å². The Bertz CT molecular complexity index is 369. The third-order valence-electron chi connectivity index (χ3n) is 2.84. The van der Waals surface area contributed by atoms with E-state index in [1.54, 1.807) is 0 Å². The second-order valence-corrected chi connectivity index (χ2v) is 5.69. The van der Waals surface area contributed by atoms with Gasteiger partial charge in [0.1, 0.15) is 0 Å². The van der Waals surface area contributed by atoms with E-state index in [1.807, 2.05) is 12.1 Å². The average molecular weight is 334 g/mol. The maximum atomic E-state index is 6.06. The highest BCUT2D eigenvalue weighted by Gasteiger charge is 2.10. The van der Waals surface area contributed by atoms with Crippen LogP contribution >= 0.6 is 27.5 Å². The van der Waals surface area contributed by atoms with Crippen LogP contribution in [0.15, 0.2) is 18.2 Å². The van der Waals surface area contributed by atoms with E-state index >= 15 is 0 Å². The van der Waals surface area contributed by atoms with Gasteiger partial charge >= 0.3 is 0 Å². The number of benzene rings is 1. The number of likely N-dealkylation sites (N-methyl/N-ethyl adjacent to an activating group) is 1. The van der Waals surface area contributed by atoms with Crippen molar-refractivity contribution in [3.8, 4) is 0 Å². The Morgan fingerprint density at radius 1 is 1.17 bits per heavy atom. The summed E-state index contributed by atoms with van der Waals surface area (Å²) in [7, 11) is 4.22. The third-order valence-corrected chi connectivity index (χ3v) is 3.68. The van der Waals surface area contributed by atoms with Crippen molar-refractivity contribution in [1.29, 1.82) is 0 Å². The Balaban J connectivity index is 2.89. The fraction of sp³-hybridized carbons (Fsp3) is 0.571. The minimum Gasteiger partial charge on any atom is -0.370 e. The van der Waals surface area contributed by atoms with E-state index in [-0.39, 0.29) is 0 Å². The normalized spacial score (nSPS) is 11.0. The second kappa shape index (κ2) is 8.03. The zero-order chi connectivity index (χ0) is 13.5. The number of hydrogen-bond donors (Lipinski definition) is 0. The quantitative estimate of drug-likeness (QED) is 0.696. The summed E-state index contributed by atoms with van der Waals surface area (Å²) in [5.41, 5.74) is 2.55. The molecule has 0 spiro atoms. The standard InChI is InChI=1S/C14H22BrClN2/c1-4-7-18(9-8-17(2)3)14-6-5-13(16)10-12(14)11-15/h5-6,10H,4,7-9,11H2,1-3H3. The number of nitrogens with zero attached hydrogens (tertiary/aromatic N) is 2. The van der Waals surface area contributed by atoms with Gasteiger partial charge in [0.25, 0.3) is 0 Å². The molecule has 4 heteroatoms. The molecule has 0 heterocycles. The zero-order valence-electron chi connectivity index (χ0n) is 11.4. The van der Waals surface area contributed by atoms with Crippen LogP contribution in [-0.4, -0.2) is 38.6 Å². The minimum atomic E-state index is 0.803. The molecule has 1 aromatic carbocycles. The van der Waals surface area contributed by atoms with Gasteiger partial charge < -0.3 is 9.80 Å². The molecular formula is C14H22BrClN2. The average Bonchev–Trinajstić information content (AvgIpc) is 2.34. The van der Waals surface area contributed by atoms with E-state index in [0.29, 0.717) is 0 Å². The predicted molar refractivity (Wildman–Crippen MR) is 85.1 cm³/mol. The number of anilines is 1. The van der Waals surface area contributed by atoms with Gasteiger partial charge in [0.2, 0.25) is 0 Å². The van der Waals surface area contributed by atoms with E-state index in [9.17, 15) is 0 Å². The van der Waals surface area contributed by atoms with Crippen LogP contribution in [-0.2, 0) is 5.33 Å². The molecule has 0 saturated heterocycles. The van der Waals surface area contributed by atoms with Crippen molar-refractivity contribution >= 4 is 33.2 Å². The Morgan fingerprint density at radius 3 is 2.44 bits per heavy atom. The number of alkyl halides is 1. The van der Waals surface area contributed by atoms with Crippen molar-refractivity contribution in [3.05, 3.63) is 28.8 Å². The van der Waals surface area contributed by atoms with E-state index in [2.05, 4.69) is 52.8 Å². The summed E-state index contributed by atoms with van der Waals surface area (Å²) in [5, 5.41) is 1.64. The summed E-state index contributed by atoms with van der Waals surface area (Å²) in [6.45, 7) is 5.40. The number of rotatable bonds is 7. The lowest BCUT2D eigenvalue weighted by Gasteiger charge is -2.28. The van der Waals surface area contributed by atoms with Crippen LogP contribution in [0.25, 0.3) is 0 Å². The van der Waals surface area contributed by atoms with Gasteiger partial charge in [-0.2, -0.15) is 0 Å². The van der Waals surface area contributed by atoms with Gasteiger partial charge in [-0.1, -0.05) is 34.5 Å². The Kier molecular flexibility index (Phi) is 7.05. The maximum Gasteiger partial charge on any atom is 0.0410 e. The van der Waals surface area contributed by atoms with Crippen molar-refractivity contribution in [2.24, 2.45) is 0 Å². The van der Waals surface area contributed by atoms with Gasteiger partial charge in [0, 0.05) is 35.7 Å². The summed E-state index contributed by atoms with van der Waals surface area (Å²) >= 11 is 9.60. The zero-order valence-corrected chi connectivity index (χ0v) is 13.8. The van der Waals surface area contributed by atoms with Gasteiger partial charge in [-0.3, -0.25) is 0 Å². The molecule has 18 heavy (non-hydrogen) atoms. The molecule has 0 aromatic heterocycles. The van der Waals surface area contributed by atoms with Crippen molar-refractivity contribution in [2.75, 3.05) is 38.6 Å². The molecule has 0 N–H and O–H groups in total. The van der Waals surface area contributed by atoms with E-state index < -0.39 is 0 Å². The van der Waals surface area contributed by atoms with Crippen molar-refractivity contribution in [1.82, 2.24) is 4.90 Å². The molecule has 0 aliphatic carbocycles. The van der Waals surface area contributed by atoms with Crippen molar-refractivity contribution in [3.63, 3.8) is 0 Å². The predicted octanol–water partition coefficient (Wildman–Crippen LogP) is 4.01. The Hall–Kier alpha value is -0.250. The van der Waals surface area contributed by atoms with Crippen LogP contribution in [0, 0.1) is 0 Å². The van der Waals surface area contributed by atoms with Crippen LogP contribution in [0.2, 0.25) is 5.02 Å². The lowest BCUT2D eigenvalue weighted by molar-refractivity contribution is 0.413. The number of hydrogen-bond acceptors (Lipinski definition) is 2. The molecule has 0 atom stereocenters. The van der Waals surface area contributed by atoms with E-state index in [0.717, 1.165) is 36.4 Å². The molecular weight excluding hydrogens is 312 g/mol. The fourth-order valence-corrected chi connectivity index (χ4v) is 2.56. The lowest BCUT2D eigenvalue weighted by Crippen LogP contribution is -2.32. The number of halogens is 2.